The molecule has 2 aromatic carbocycles. The quantitative estimate of drug-likeness (QED) is 0.493. The summed E-state index contributed by atoms with van der Waals surface area (Å²) in [5.41, 5.74) is 2.77. The monoisotopic (exact) mass is 318 g/mol. The Labute approximate surface area is 139 Å². The van der Waals surface area contributed by atoms with E-state index in [0.29, 0.717) is 0 Å². The Hall–Kier alpha value is -2.16. The minimum atomic E-state index is -1.42. The molecule has 3 rings (SSSR count). The van der Waals surface area contributed by atoms with Crippen LogP contribution in [0.25, 0.3) is 11.1 Å². The highest BCUT2D eigenvalue weighted by molar-refractivity contribution is 6.95. The van der Waals surface area contributed by atoms with Crippen molar-refractivity contribution >= 4 is 19.2 Å². The van der Waals surface area contributed by atoms with E-state index in [1.54, 1.807) is 0 Å². The molecule has 1 N–H and O–H groups in total. The van der Waals surface area contributed by atoms with E-state index in [0.717, 1.165) is 12.8 Å². The molecule has 0 unspecified atom stereocenters. The summed E-state index contributed by atoms with van der Waals surface area (Å²) in [6.45, 7) is 4.15. The fraction of sp³-hybridized carbons (Fsp3) is 0.143. The third-order valence-electron chi connectivity index (χ3n) is 4.32. The zero-order chi connectivity index (χ0) is 16.1. The fourth-order valence-electron chi connectivity index (χ4n) is 3.33. The molecule has 0 saturated heterocycles. The maximum atomic E-state index is 8.95. The van der Waals surface area contributed by atoms with Gasteiger partial charge in [0.15, 0.2) is 0 Å². The Morgan fingerprint density at radius 2 is 1.61 bits per heavy atom. The van der Waals surface area contributed by atoms with E-state index in [2.05, 4.69) is 73.3 Å². The lowest BCUT2D eigenvalue weighted by Gasteiger charge is -2.13. The van der Waals surface area contributed by atoms with Crippen LogP contribution < -0.4 is 10.4 Å². The van der Waals surface area contributed by atoms with Gasteiger partial charge in [0.05, 0.1) is 0 Å². The van der Waals surface area contributed by atoms with Gasteiger partial charge in [-0.3, -0.25) is 0 Å². The SMILES string of the molecule is C=C/C=C(\C=C/CCCO)[SiH]1c2ccccc2-c2ccccc21. The summed E-state index contributed by atoms with van der Waals surface area (Å²) in [4.78, 5) is 0. The lowest BCUT2D eigenvalue weighted by Crippen LogP contribution is -2.39. The highest BCUT2D eigenvalue weighted by Crippen LogP contribution is 2.25. The highest BCUT2D eigenvalue weighted by atomic mass is 28.3. The second-order valence-corrected chi connectivity index (χ2v) is 8.55. The molecule has 2 heteroatoms. The van der Waals surface area contributed by atoms with E-state index in [9.17, 15) is 0 Å². The van der Waals surface area contributed by atoms with Crippen LogP contribution in [-0.4, -0.2) is 20.5 Å². The van der Waals surface area contributed by atoms with Crippen molar-refractivity contribution in [1.82, 2.24) is 0 Å². The van der Waals surface area contributed by atoms with Gasteiger partial charge in [0.1, 0.15) is 8.80 Å². The molecule has 23 heavy (non-hydrogen) atoms. The predicted molar refractivity (Wildman–Crippen MR) is 102 cm³/mol. The molecule has 0 aliphatic carbocycles. The van der Waals surface area contributed by atoms with Crippen LogP contribution in [0.15, 0.2) is 84.6 Å². The predicted octanol–water partition coefficient (Wildman–Crippen LogP) is 2.99. The molecule has 1 aliphatic rings. The Kier molecular flexibility index (Phi) is 5.06. The van der Waals surface area contributed by atoms with E-state index in [1.807, 2.05) is 6.08 Å². The summed E-state index contributed by atoms with van der Waals surface area (Å²) in [5, 5.41) is 13.3. The molecule has 0 amide bonds. The third kappa shape index (κ3) is 3.14. The Morgan fingerprint density at radius 3 is 2.17 bits per heavy atom. The van der Waals surface area contributed by atoms with Gasteiger partial charge in [-0.1, -0.05) is 84.6 Å². The van der Waals surface area contributed by atoms with Gasteiger partial charge in [-0.2, -0.15) is 0 Å². The number of allylic oxidation sites excluding steroid dienone is 5. The molecular weight excluding hydrogens is 296 g/mol. The van der Waals surface area contributed by atoms with Crippen molar-refractivity contribution in [1.29, 1.82) is 0 Å². The number of rotatable bonds is 6. The number of hydrogen-bond donors (Lipinski definition) is 1. The van der Waals surface area contributed by atoms with E-state index in [1.165, 1.54) is 26.7 Å². The second-order valence-electron chi connectivity index (χ2n) is 5.78. The number of fused-ring (bicyclic) bond motifs is 3. The van der Waals surface area contributed by atoms with Crippen molar-refractivity contribution in [2.24, 2.45) is 0 Å². The zero-order valence-electron chi connectivity index (χ0n) is 13.3. The first-order valence-electron chi connectivity index (χ1n) is 8.15. The molecule has 2 aromatic rings. The lowest BCUT2D eigenvalue weighted by atomic mass is 10.1. The van der Waals surface area contributed by atoms with Gasteiger partial charge in [-0.05, 0) is 34.3 Å². The Bertz CT molecular complexity index is 712. The summed E-state index contributed by atoms with van der Waals surface area (Å²) in [7, 11) is -1.42. The number of aliphatic hydroxyl groups excluding tert-OH is 1. The van der Waals surface area contributed by atoms with Crippen LogP contribution in [-0.2, 0) is 0 Å². The van der Waals surface area contributed by atoms with E-state index in [-0.39, 0.29) is 6.61 Å². The number of hydrogen-bond acceptors (Lipinski definition) is 1. The van der Waals surface area contributed by atoms with Crippen LogP contribution in [0.1, 0.15) is 12.8 Å². The van der Waals surface area contributed by atoms with Gasteiger partial charge in [-0.25, -0.2) is 0 Å². The molecule has 0 saturated carbocycles. The first kappa shape index (κ1) is 15.7. The number of benzene rings is 2. The Balaban J connectivity index is 2.04. The van der Waals surface area contributed by atoms with Gasteiger partial charge in [0.2, 0.25) is 0 Å². The summed E-state index contributed by atoms with van der Waals surface area (Å²) in [6, 6.07) is 17.6. The fourth-order valence-corrected chi connectivity index (χ4v) is 6.77. The molecule has 0 fully saturated rings. The lowest BCUT2D eigenvalue weighted by molar-refractivity contribution is 0.289. The number of aliphatic hydroxyl groups is 1. The molecular formula is C21H22OSi. The zero-order valence-corrected chi connectivity index (χ0v) is 14.4. The van der Waals surface area contributed by atoms with Gasteiger partial charge in [0.25, 0.3) is 0 Å². The first-order valence-corrected chi connectivity index (χ1v) is 9.88. The smallest absolute Gasteiger partial charge is 0.134 e. The van der Waals surface area contributed by atoms with Crippen LogP contribution in [0.3, 0.4) is 0 Å². The van der Waals surface area contributed by atoms with Gasteiger partial charge < -0.3 is 5.11 Å². The van der Waals surface area contributed by atoms with Crippen molar-refractivity contribution in [3.63, 3.8) is 0 Å². The van der Waals surface area contributed by atoms with E-state index in [4.69, 9.17) is 5.11 Å². The van der Waals surface area contributed by atoms with Crippen molar-refractivity contribution in [2.45, 2.75) is 12.8 Å². The van der Waals surface area contributed by atoms with E-state index >= 15 is 0 Å². The van der Waals surface area contributed by atoms with Crippen LogP contribution >= 0.6 is 0 Å². The molecule has 1 heterocycles. The average Bonchev–Trinajstić information content (AvgIpc) is 2.92. The molecule has 0 radical (unpaired) electrons. The molecule has 116 valence electrons. The molecule has 0 spiro atoms. The summed E-state index contributed by atoms with van der Waals surface area (Å²) >= 11 is 0. The molecule has 0 bridgehead atoms. The number of unbranched alkanes of at least 4 members (excludes halogenated alkanes) is 1. The van der Waals surface area contributed by atoms with Crippen molar-refractivity contribution < 1.29 is 5.11 Å². The standard InChI is InChI=1S/C21H22OSi/c1-2-10-17(11-4-3-9-16-22)23-20-14-7-5-12-18(20)19-13-6-8-15-21(19)23/h2,4-8,10-15,22-23H,1,3,9,16H2/b11-4-,17-10+. The largest absolute Gasteiger partial charge is 0.396 e. The minimum Gasteiger partial charge on any atom is -0.396 e. The van der Waals surface area contributed by atoms with E-state index < -0.39 is 8.80 Å². The molecule has 1 nitrogen and oxygen atoms in total. The summed E-state index contributed by atoms with van der Waals surface area (Å²) < 4.78 is 0. The third-order valence-corrected chi connectivity index (χ3v) is 7.62. The van der Waals surface area contributed by atoms with Crippen molar-refractivity contribution in [3.05, 3.63) is 84.6 Å². The highest BCUT2D eigenvalue weighted by Gasteiger charge is 2.30. The maximum Gasteiger partial charge on any atom is 0.134 e. The second kappa shape index (κ2) is 7.40. The van der Waals surface area contributed by atoms with Gasteiger partial charge in [-0.15, -0.1) is 0 Å². The van der Waals surface area contributed by atoms with Crippen LogP contribution in [0, 0.1) is 0 Å². The van der Waals surface area contributed by atoms with Crippen molar-refractivity contribution in [3.8, 4) is 11.1 Å². The molecule has 1 aliphatic heterocycles. The molecule has 0 atom stereocenters. The molecule has 0 aromatic heterocycles. The van der Waals surface area contributed by atoms with Crippen LogP contribution in [0.2, 0.25) is 0 Å². The van der Waals surface area contributed by atoms with Crippen molar-refractivity contribution in [2.75, 3.05) is 6.61 Å². The minimum absolute atomic E-state index is 0.247. The topological polar surface area (TPSA) is 20.2 Å². The summed E-state index contributed by atoms with van der Waals surface area (Å²) in [5.74, 6) is 0. The first-order chi connectivity index (χ1) is 11.4. The normalized spacial score (nSPS) is 14.0. The van der Waals surface area contributed by atoms with Gasteiger partial charge in [0, 0.05) is 6.61 Å². The van der Waals surface area contributed by atoms with Crippen LogP contribution in [0.4, 0.5) is 0 Å². The Morgan fingerprint density at radius 1 is 1.00 bits per heavy atom. The summed E-state index contributed by atoms with van der Waals surface area (Å²) in [6.07, 6.45) is 10.2. The van der Waals surface area contributed by atoms with Gasteiger partial charge >= 0.3 is 0 Å². The average molecular weight is 318 g/mol. The maximum absolute atomic E-state index is 8.95. The van der Waals surface area contributed by atoms with Crippen LogP contribution in [0.5, 0.6) is 0 Å².